The van der Waals surface area contributed by atoms with Gasteiger partial charge in [0.05, 0.1) is 12.7 Å². The molecule has 1 aliphatic heterocycles. The van der Waals surface area contributed by atoms with Crippen molar-refractivity contribution in [2.75, 3.05) is 6.61 Å². The van der Waals surface area contributed by atoms with Gasteiger partial charge in [-0.15, -0.1) is 0 Å². The quantitative estimate of drug-likeness (QED) is 0.611. The SMILES string of the molecule is CC(C)=CCC=C(C)C1CC(C)(C)COC1c1ccccc1. The number of rotatable bonds is 4. The van der Waals surface area contributed by atoms with Crippen LogP contribution in [0.4, 0.5) is 0 Å². The highest BCUT2D eigenvalue weighted by atomic mass is 16.5. The van der Waals surface area contributed by atoms with Crippen molar-refractivity contribution in [3.8, 4) is 0 Å². The second-order valence-electron chi connectivity index (χ2n) is 7.58. The Hall–Kier alpha value is -1.34. The molecule has 0 aromatic heterocycles. The lowest BCUT2D eigenvalue weighted by Gasteiger charge is -2.41. The van der Waals surface area contributed by atoms with E-state index in [9.17, 15) is 0 Å². The Labute approximate surface area is 136 Å². The maximum atomic E-state index is 6.28. The molecule has 22 heavy (non-hydrogen) atoms. The van der Waals surface area contributed by atoms with Crippen LogP contribution in [-0.2, 0) is 4.74 Å². The van der Waals surface area contributed by atoms with Crippen molar-refractivity contribution in [2.45, 2.75) is 53.6 Å². The monoisotopic (exact) mass is 298 g/mol. The van der Waals surface area contributed by atoms with Gasteiger partial charge in [-0.25, -0.2) is 0 Å². The van der Waals surface area contributed by atoms with Gasteiger partial charge in [0.2, 0.25) is 0 Å². The lowest BCUT2D eigenvalue weighted by Crippen LogP contribution is -2.35. The van der Waals surface area contributed by atoms with Gasteiger partial charge in [0, 0.05) is 5.92 Å². The molecule has 2 atom stereocenters. The van der Waals surface area contributed by atoms with Crippen molar-refractivity contribution < 1.29 is 4.74 Å². The zero-order valence-electron chi connectivity index (χ0n) is 14.7. The third kappa shape index (κ3) is 4.58. The highest BCUT2D eigenvalue weighted by Crippen LogP contribution is 2.44. The summed E-state index contributed by atoms with van der Waals surface area (Å²) >= 11 is 0. The van der Waals surface area contributed by atoms with Gasteiger partial charge in [-0.05, 0) is 44.6 Å². The van der Waals surface area contributed by atoms with Gasteiger partial charge in [0.1, 0.15) is 0 Å². The van der Waals surface area contributed by atoms with Crippen LogP contribution in [0.5, 0.6) is 0 Å². The first-order valence-electron chi connectivity index (χ1n) is 8.35. The molecule has 0 bridgehead atoms. The molecule has 0 aliphatic carbocycles. The first-order chi connectivity index (χ1) is 10.4. The Bertz CT molecular complexity index is 532. The minimum absolute atomic E-state index is 0.192. The Morgan fingerprint density at radius 2 is 1.82 bits per heavy atom. The van der Waals surface area contributed by atoms with Gasteiger partial charge >= 0.3 is 0 Å². The molecule has 0 spiro atoms. The molecule has 2 rings (SSSR count). The Kier molecular flexibility index (Phi) is 5.63. The predicted molar refractivity (Wildman–Crippen MR) is 94.8 cm³/mol. The van der Waals surface area contributed by atoms with Crippen LogP contribution in [-0.4, -0.2) is 6.61 Å². The minimum Gasteiger partial charge on any atom is -0.372 e. The van der Waals surface area contributed by atoms with Gasteiger partial charge in [-0.3, -0.25) is 0 Å². The summed E-state index contributed by atoms with van der Waals surface area (Å²) in [5, 5.41) is 0. The maximum Gasteiger partial charge on any atom is 0.0890 e. The van der Waals surface area contributed by atoms with Crippen molar-refractivity contribution in [2.24, 2.45) is 11.3 Å². The molecule has 1 aromatic carbocycles. The van der Waals surface area contributed by atoms with Crippen LogP contribution in [0, 0.1) is 11.3 Å². The molecular formula is C21H30O. The van der Waals surface area contributed by atoms with Gasteiger partial charge in [-0.1, -0.05) is 67.5 Å². The van der Waals surface area contributed by atoms with Crippen LogP contribution in [0.25, 0.3) is 0 Å². The van der Waals surface area contributed by atoms with E-state index in [-0.39, 0.29) is 11.5 Å². The van der Waals surface area contributed by atoms with E-state index in [2.05, 4.69) is 77.1 Å². The number of ether oxygens (including phenoxy) is 1. The first kappa shape index (κ1) is 17.0. The Morgan fingerprint density at radius 3 is 2.45 bits per heavy atom. The second-order valence-corrected chi connectivity index (χ2v) is 7.58. The molecule has 0 saturated carbocycles. The number of hydrogen-bond acceptors (Lipinski definition) is 1. The summed E-state index contributed by atoms with van der Waals surface area (Å²) in [5.41, 5.74) is 4.39. The number of allylic oxidation sites excluding steroid dienone is 3. The van der Waals surface area contributed by atoms with Crippen molar-refractivity contribution in [3.05, 3.63) is 59.2 Å². The predicted octanol–water partition coefficient (Wildman–Crippen LogP) is 6.09. The minimum atomic E-state index is 0.192. The van der Waals surface area contributed by atoms with Crippen LogP contribution < -0.4 is 0 Å². The average Bonchev–Trinajstić information content (AvgIpc) is 2.46. The van der Waals surface area contributed by atoms with Crippen molar-refractivity contribution in [1.82, 2.24) is 0 Å². The Balaban J connectivity index is 2.23. The van der Waals surface area contributed by atoms with Gasteiger partial charge in [-0.2, -0.15) is 0 Å². The lowest BCUT2D eigenvalue weighted by molar-refractivity contribution is -0.0782. The van der Waals surface area contributed by atoms with E-state index in [1.807, 2.05) is 0 Å². The molecular weight excluding hydrogens is 268 g/mol. The molecule has 1 heteroatoms. The zero-order chi connectivity index (χ0) is 16.2. The van der Waals surface area contributed by atoms with E-state index in [0.29, 0.717) is 5.92 Å². The summed E-state index contributed by atoms with van der Waals surface area (Å²) < 4.78 is 6.28. The lowest BCUT2D eigenvalue weighted by atomic mass is 9.74. The van der Waals surface area contributed by atoms with E-state index in [0.717, 1.165) is 13.0 Å². The molecule has 1 aliphatic rings. The summed E-state index contributed by atoms with van der Waals surface area (Å²) in [5.74, 6) is 0.469. The molecule has 1 fully saturated rings. The number of hydrogen-bond donors (Lipinski definition) is 0. The van der Waals surface area contributed by atoms with Crippen LogP contribution >= 0.6 is 0 Å². The molecule has 1 heterocycles. The molecule has 2 unspecified atom stereocenters. The van der Waals surface area contributed by atoms with Gasteiger partial charge in [0.25, 0.3) is 0 Å². The normalized spacial score (nSPS) is 24.9. The molecule has 1 saturated heterocycles. The standard InChI is InChI=1S/C21H30O/c1-16(2)10-9-11-17(3)19-14-21(4,5)15-22-20(19)18-12-7-6-8-13-18/h6-8,10-13,19-20H,9,14-15H2,1-5H3. The van der Waals surface area contributed by atoms with Crippen LogP contribution in [0.3, 0.4) is 0 Å². The van der Waals surface area contributed by atoms with Crippen LogP contribution in [0.15, 0.2) is 53.6 Å². The molecule has 0 N–H and O–H groups in total. The highest BCUT2D eigenvalue weighted by molar-refractivity contribution is 5.23. The topological polar surface area (TPSA) is 9.23 Å². The third-order valence-corrected chi connectivity index (χ3v) is 4.47. The Morgan fingerprint density at radius 1 is 1.14 bits per heavy atom. The number of benzene rings is 1. The molecule has 0 radical (unpaired) electrons. The fourth-order valence-electron chi connectivity index (χ4n) is 3.20. The third-order valence-electron chi connectivity index (χ3n) is 4.47. The van der Waals surface area contributed by atoms with Crippen molar-refractivity contribution in [3.63, 3.8) is 0 Å². The summed E-state index contributed by atoms with van der Waals surface area (Å²) in [6.45, 7) is 12.0. The highest BCUT2D eigenvalue weighted by Gasteiger charge is 2.37. The van der Waals surface area contributed by atoms with Crippen LogP contribution in [0.2, 0.25) is 0 Å². The molecule has 1 nitrogen and oxygen atoms in total. The molecule has 0 amide bonds. The average molecular weight is 298 g/mol. The summed E-state index contributed by atoms with van der Waals surface area (Å²) in [6.07, 6.45) is 7.06. The maximum absolute atomic E-state index is 6.28. The zero-order valence-corrected chi connectivity index (χ0v) is 14.7. The van der Waals surface area contributed by atoms with E-state index in [4.69, 9.17) is 4.74 Å². The van der Waals surface area contributed by atoms with Gasteiger partial charge < -0.3 is 4.74 Å². The van der Waals surface area contributed by atoms with Crippen molar-refractivity contribution >= 4 is 0 Å². The fourth-order valence-corrected chi connectivity index (χ4v) is 3.20. The van der Waals surface area contributed by atoms with E-state index in [1.165, 1.54) is 23.1 Å². The summed E-state index contributed by atoms with van der Waals surface area (Å²) in [4.78, 5) is 0. The first-order valence-corrected chi connectivity index (χ1v) is 8.35. The molecule has 120 valence electrons. The second kappa shape index (κ2) is 7.28. The summed E-state index contributed by atoms with van der Waals surface area (Å²) in [7, 11) is 0. The smallest absolute Gasteiger partial charge is 0.0890 e. The fraction of sp³-hybridized carbons (Fsp3) is 0.524. The summed E-state index contributed by atoms with van der Waals surface area (Å²) in [6, 6.07) is 10.7. The van der Waals surface area contributed by atoms with E-state index < -0.39 is 0 Å². The van der Waals surface area contributed by atoms with Crippen LogP contribution in [0.1, 0.15) is 59.1 Å². The van der Waals surface area contributed by atoms with E-state index in [1.54, 1.807) is 0 Å². The van der Waals surface area contributed by atoms with E-state index >= 15 is 0 Å². The van der Waals surface area contributed by atoms with Gasteiger partial charge in [0.15, 0.2) is 0 Å². The van der Waals surface area contributed by atoms with Crippen molar-refractivity contribution in [1.29, 1.82) is 0 Å². The largest absolute Gasteiger partial charge is 0.372 e. The molecule has 1 aromatic rings.